The average Bonchev–Trinajstić information content (AvgIpc) is 2.98. The summed E-state index contributed by atoms with van der Waals surface area (Å²) in [6.07, 6.45) is 3.40. The molecular formula is C24H23N4O6+. The van der Waals surface area contributed by atoms with Gasteiger partial charge in [0, 0.05) is 12.3 Å². The summed E-state index contributed by atoms with van der Waals surface area (Å²) in [5.41, 5.74) is 1.56. The number of methoxy groups -OCH3 is 2. The first-order valence-corrected chi connectivity index (χ1v) is 10.6. The monoisotopic (exact) mass is 463 g/mol. The van der Waals surface area contributed by atoms with Crippen LogP contribution in [0.3, 0.4) is 0 Å². The fourth-order valence-electron chi connectivity index (χ4n) is 3.81. The number of nitrogens with one attached hydrogen (secondary N) is 1. The molecule has 2 aromatic rings. The maximum absolute atomic E-state index is 12.7. The predicted molar refractivity (Wildman–Crippen MR) is 120 cm³/mol. The molecule has 0 aromatic heterocycles. The molecule has 0 saturated carbocycles. The van der Waals surface area contributed by atoms with Gasteiger partial charge in [0.05, 0.1) is 27.2 Å². The summed E-state index contributed by atoms with van der Waals surface area (Å²) < 4.78 is 11.9. The minimum atomic E-state index is -0.849. The quantitative estimate of drug-likeness (QED) is 0.418. The predicted octanol–water partition coefficient (Wildman–Crippen LogP) is -0.947. The zero-order valence-electron chi connectivity index (χ0n) is 18.7. The highest BCUT2D eigenvalue weighted by atomic mass is 16.5. The lowest BCUT2D eigenvalue weighted by molar-refractivity contribution is -0.139. The fourth-order valence-corrected chi connectivity index (χ4v) is 3.81. The Bertz CT molecular complexity index is 1350. The Morgan fingerprint density at radius 3 is 2.62 bits per heavy atom. The van der Waals surface area contributed by atoms with E-state index < -0.39 is 17.7 Å². The third-order valence-corrected chi connectivity index (χ3v) is 5.54. The SMILES string of the molecule is COc1cc2c(cc1OC)CC(=O)N(CC(=O)NCC[N+]1=c3ccccc3=NC(=O)C1=O)C=C2. The van der Waals surface area contributed by atoms with Crippen LogP contribution in [0.15, 0.2) is 47.6 Å². The third-order valence-electron chi connectivity index (χ3n) is 5.54. The lowest BCUT2D eigenvalue weighted by Crippen LogP contribution is -2.52. The smallest absolute Gasteiger partial charge is 0.480 e. The number of nitrogens with zero attached hydrogens (tertiary/aromatic N) is 3. The van der Waals surface area contributed by atoms with Crippen LogP contribution in [-0.4, -0.2) is 62.4 Å². The fraction of sp³-hybridized carbons (Fsp3) is 0.250. The number of ether oxygens (including phenoxy) is 2. The van der Waals surface area contributed by atoms with Crippen molar-refractivity contribution in [1.82, 2.24) is 14.8 Å². The summed E-state index contributed by atoms with van der Waals surface area (Å²) >= 11 is 0. The maximum Gasteiger partial charge on any atom is 0.480 e. The van der Waals surface area contributed by atoms with Gasteiger partial charge < -0.3 is 19.7 Å². The first-order valence-electron chi connectivity index (χ1n) is 10.6. The Labute approximate surface area is 194 Å². The highest BCUT2D eigenvalue weighted by Crippen LogP contribution is 2.32. The molecule has 0 radical (unpaired) electrons. The summed E-state index contributed by atoms with van der Waals surface area (Å²) in [5.74, 6) is -1.17. The van der Waals surface area contributed by atoms with Gasteiger partial charge in [-0.25, -0.2) is 4.79 Å². The number of amides is 4. The molecule has 0 bridgehead atoms. The Kier molecular flexibility index (Phi) is 6.48. The summed E-state index contributed by atoms with van der Waals surface area (Å²) in [7, 11) is 3.06. The highest BCUT2D eigenvalue weighted by molar-refractivity contribution is 6.36. The highest BCUT2D eigenvalue weighted by Gasteiger charge is 2.31. The molecule has 2 aliphatic rings. The summed E-state index contributed by atoms with van der Waals surface area (Å²) in [4.78, 5) is 54.4. The standard InChI is InChI=1S/C24H22N4O6/c1-33-19-11-15-7-9-27(22(30)13-16(15)12-20(19)34-2)14-21(29)25-8-10-28-18-6-4-3-5-17(18)26-23(31)24(28)32/h3-7,9,11-12H,8,10,13-14H2,1-2H3/p+1. The van der Waals surface area contributed by atoms with E-state index in [1.165, 1.54) is 23.7 Å². The topological polar surface area (TPSA) is 117 Å². The molecule has 2 aliphatic heterocycles. The van der Waals surface area contributed by atoms with Gasteiger partial charge in [-0.2, -0.15) is 4.99 Å². The van der Waals surface area contributed by atoms with Crippen LogP contribution in [-0.2, 0) is 25.6 Å². The van der Waals surface area contributed by atoms with Crippen LogP contribution in [0.1, 0.15) is 11.1 Å². The van der Waals surface area contributed by atoms with Crippen molar-refractivity contribution >= 4 is 29.7 Å². The second-order valence-electron chi connectivity index (χ2n) is 7.63. The van der Waals surface area contributed by atoms with Crippen LogP contribution >= 0.6 is 0 Å². The Morgan fingerprint density at radius 1 is 1.12 bits per heavy atom. The van der Waals surface area contributed by atoms with E-state index >= 15 is 0 Å². The van der Waals surface area contributed by atoms with Gasteiger partial charge in [-0.05, 0) is 35.4 Å². The van der Waals surface area contributed by atoms with E-state index in [1.807, 2.05) is 0 Å². The number of rotatable bonds is 7. The second kappa shape index (κ2) is 9.65. The Hall–Kier alpha value is -4.34. The molecular weight excluding hydrogens is 440 g/mol. The van der Waals surface area contributed by atoms with Crippen molar-refractivity contribution in [1.29, 1.82) is 0 Å². The van der Waals surface area contributed by atoms with Crippen LogP contribution in [0.25, 0.3) is 6.08 Å². The molecule has 174 valence electrons. The van der Waals surface area contributed by atoms with Crippen LogP contribution in [0, 0.1) is 0 Å². The minimum absolute atomic E-state index is 0.0949. The van der Waals surface area contributed by atoms with Gasteiger partial charge in [-0.3, -0.25) is 14.4 Å². The second-order valence-corrected chi connectivity index (χ2v) is 7.63. The number of para-hydroxylation sites is 2. The van der Waals surface area contributed by atoms with Crippen molar-refractivity contribution in [2.75, 3.05) is 33.9 Å². The summed E-state index contributed by atoms with van der Waals surface area (Å²) in [5, 5.41) is 3.62. The van der Waals surface area contributed by atoms with Crippen molar-refractivity contribution in [3.8, 4) is 11.5 Å². The molecule has 0 fully saturated rings. The van der Waals surface area contributed by atoms with Crippen molar-refractivity contribution in [2.45, 2.75) is 6.42 Å². The van der Waals surface area contributed by atoms with Crippen molar-refractivity contribution in [3.63, 3.8) is 0 Å². The van der Waals surface area contributed by atoms with Crippen molar-refractivity contribution in [3.05, 3.63) is 64.4 Å². The first-order chi connectivity index (χ1) is 16.4. The molecule has 0 atom stereocenters. The molecule has 0 unspecified atom stereocenters. The molecule has 10 heteroatoms. The van der Waals surface area contributed by atoms with Crippen molar-refractivity contribution in [2.24, 2.45) is 4.99 Å². The van der Waals surface area contributed by atoms with Crippen LogP contribution in [0.2, 0.25) is 0 Å². The van der Waals surface area contributed by atoms with Gasteiger partial charge in [0.15, 0.2) is 18.0 Å². The third kappa shape index (κ3) is 4.56. The molecule has 2 heterocycles. The number of hydrogen-bond acceptors (Lipinski definition) is 6. The molecule has 4 amide bonds. The van der Waals surface area contributed by atoms with Crippen LogP contribution in [0.5, 0.6) is 11.5 Å². The van der Waals surface area contributed by atoms with E-state index in [-0.39, 0.29) is 32.0 Å². The van der Waals surface area contributed by atoms with Gasteiger partial charge in [-0.15, -0.1) is 4.58 Å². The van der Waals surface area contributed by atoms with E-state index in [4.69, 9.17) is 9.47 Å². The first kappa shape index (κ1) is 22.8. The maximum atomic E-state index is 12.7. The molecule has 0 aliphatic carbocycles. The van der Waals surface area contributed by atoms with Crippen LogP contribution < -0.4 is 30.1 Å². The molecule has 10 nitrogen and oxygen atoms in total. The number of carbonyl (C=O) groups excluding carboxylic acids is 4. The lowest BCUT2D eigenvalue weighted by atomic mass is 10.0. The van der Waals surface area contributed by atoms with E-state index in [0.29, 0.717) is 22.2 Å². The van der Waals surface area contributed by atoms with Gasteiger partial charge in [0.2, 0.25) is 17.2 Å². The number of carbonyl (C=O) groups is 4. The van der Waals surface area contributed by atoms with Crippen LogP contribution in [0.4, 0.5) is 0 Å². The molecule has 0 spiro atoms. The lowest BCUT2D eigenvalue weighted by Gasteiger charge is -2.16. The minimum Gasteiger partial charge on any atom is -0.493 e. The largest absolute Gasteiger partial charge is 0.493 e. The molecule has 2 aromatic carbocycles. The normalized spacial score (nSPS) is 14.7. The molecule has 0 saturated heterocycles. The van der Waals surface area contributed by atoms with E-state index in [0.717, 1.165) is 11.1 Å². The summed E-state index contributed by atoms with van der Waals surface area (Å²) in [6.45, 7) is 0.0145. The zero-order chi connectivity index (χ0) is 24.2. The molecule has 34 heavy (non-hydrogen) atoms. The van der Waals surface area contributed by atoms with Gasteiger partial charge in [-0.1, -0.05) is 12.1 Å². The van der Waals surface area contributed by atoms with Crippen molar-refractivity contribution < 1.29 is 28.7 Å². The van der Waals surface area contributed by atoms with Gasteiger partial charge in [0.25, 0.3) is 0 Å². The van der Waals surface area contributed by atoms with Gasteiger partial charge >= 0.3 is 11.8 Å². The van der Waals surface area contributed by atoms with E-state index in [1.54, 1.807) is 48.7 Å². The molecule has 1 N–H and O–H groups in total. The molecule has 4 rings (SSSR count). The van der Waals surface area contributed by atoms with Gasteiger partial charge in [0.1, 0.15) is 11.9 Å². The number of benzene rings is 2. The summed E-state index contributed by atoms with van der Waals surface area (Å²) in [6, 6.07) is 10.3. The van der Waals surface area contributed by atoms with E-state index in [9.17, 15) is 19.2 Å². The Morgan fingerprint density at radius 2 is 1.85 bits per heavy atom. The average molecular weight is 463 g/mol. The van der Waals surface area contributed by atoms with E-state index in [2.05, 4.69) is 10.3 Å². The number of fused-ring (bicyclic) bond motifs is 2. The number of hydrogen-bond donors (Lipinski definition) is 1. The Balaban J connectivity index is 1.41. The zero-order valence-corrected chi connectivity index (χ0v) is 18.7.